The van der Waals surface area contributed by atoms with E-state index in [1.807, 2.05) is 10.9 Å². The highest BCUT2D eigenvalue weighted by molar-refractivity contribution is 6.25. The Hall–Kier alpha value is -4.61. The van der Waals surface area contributed by atoms with E-state index < -0.39 is 35.5 Å². The van der Waals surface area contributed by atoms with Crippen molar-refractivity contribution in [2.75, 3.05) is 11.9 Å². The maximum absolute atomic E-state index is 14.1. The van der Waals surface area contributed by atoms with Gasteiger partial charge in [0, 0.05) is 42.4 Å². The number of carbonyl (C=O) groups is 4. The highest BCUT2D eigenvalue weighted by Crippen LogP contribution is 2.47. The molecule has 3 aliphatic carbocycles. The quantitative estimate of drug-likeness (QED) is 0.354. The van der Waals surface area contributed by atoms with E-state index in [0.717, 1.165) is 54.7 Å². The number of carbonyl (C=O) groups excluding carboxylic acids is 4. The molecule has 1 aromatic carbocycles. The number of hydrogen-bond acceptors (Lipinski definition) is 8. The molecule has 1 unspecified atom stereocenters. The van der Waals surface area contributed by atoms with E-state index in [9.17, 15) is 23.6 Å². The highest BCUT2D eigenvalue weighted by atomic mass is 19.1. The Kier molecular flexibility index (Phi) is 6.28. The fraction of sp³-hybridized carbons (Fsp3) is 0.438. The topological polar surface area (TPSA) is 136 Å². The van der Waals surface area contributed by atoms with Crippen molar-refractivity contribution < 1.29 is 28.3 Å². The van der Waals surface area contributed by atoms with Gasteiger partial charge in [-0.05, 0) is 63.0 Å². The zero-order valence-corrected chi connectivity index (χ0v) is 23.9. The van der Waals surface area contributed by atoms with E-state index in [0.29, 0.717) is 35.5 Å². The number of halogens is 1. The van der Waals surface area contributed by atoms with Gasteiger partial charge >= 0.3 is 0 Å². The number of fused-ring (bicyclic) bond motifs is 1. The third kappa shape index (κ3) is 4.72. The summed E-state index contributed by atoms with van der Waals surface area (Å²) in [6.07, 6.45) is 9.42. The molecule has 226 valence electrons. The monoisotopic (exact) mass is 598 g/mol. The van der Waals surface area contributed by atoms with Gasteiger partial charge in [-0.3, -0.25) is 34.1 Å². The maximum atomic E-state index is 14.1. The van der Waals surface area contributed by atoms with Gasteiger partial charge in [0.05, 0.1) is 35.2 Å². The number of nitrogens with one attached hydrogen (secondary N) is 2. The van der Waals surface area contributed by atoms with Gasteiger partial charge in [-0.2, -0.15) is 5.10 Å². The number of hydrogen-bond donors (Lipinski definition) is 2. The number of anilines is 1. The van der Waals surface area contributed by atoms with Crippen molar-refractivity contribution in [2.45, 2.75) is 75.5 Å². The second-order valence-electron chi connectivity index (χ2n) is 12.5. The largest absolute Gasteiger partial charge is 0.488 e. The first-order valence-corrected chi connectivity index (χ1v) is 15.3. The molecule has 0 spiro atoms. The molecule has 8 rings (SSSR count). The zero-order chi connectivity index (χ0) is 30.1. The smallest absolute Gasteiger partial charge is 0.264 e. The summed E-state index contributed by atoms with van der Waals surface area (Å²) in [6.45, 7) is 0.606. The molecule has 0 radical (unpaired) electrons. The fourth-order valence-electron chi connectivity index (χ4n) is 6.51. The molecule has 3 aromatic rings. The molecule has 1 atom stereocenters. The molecular formula is C32H31FN6O5. The third-order valence-electron chi connectivity index (χ3n) is 9.25. The van der Waals surface area contributed by atoms with Crippen LogP contribution in [0.2, 0.25) is 0 Å². The molecule has 2 aromatic heterocycles. The van der Waals surface area contributed by atoms with Crippen LogP contribution in [-0.2, 0) is 9.59 Å². The van der Waals surface area contributed by atoms with Crippen molar-refractivity contribution in [3.05, 3.63) is 59.3 Å². The number of pyridine rings is 1. The van der Waals surface area contributed by atoms with Gasteiger partial charge in [0.25, 0.3) is 11.8 Å². The van der Waals surface area contributed by atoms with E-state index in [1.54, 1.807) is 18.2 Å². The Morgan fingerprint density at radius 1 is 1.02 bits per heavy atom. The summed E-state index contributed by atoms with van der Waals surface area (Å²) in [6, 6.07) is 5.71. The van der Waals surface area contributed by atoms with Gasteiger partial charge in [0.15, 0.2) is 0 Å². The van der Waals surface area contributed by atoms with E-state index >= 15 is 0 Å². The molecule has 1 saturated heterocycles. The number of nitrogens with zero attached hydrogens (tertiary/aromatic N) is 4. The summed E-state index contributed by atoms with van der Waals surface area (Å²) in [7, 11) is 0. The third-order valence-corrected chi connectivity index (χ3v) is 9.25. The average Bonchev–Trinajstić information content (AvgIpc) is 3.92. The predicted molar refractivity (Wildman–Crippen MR) is 154 cm³/mol. The minimum atomic E-state index is -0.999. The van der Waals surface area contributed by atoms with Crippen LogP contribution in [0, 0.1) is 11.7 Å². The minimum absolute atomic E-state index is 0.0769. The van der Waals surface area contributed by atoms with Crippen molar-refractivity contribution >= 4 is 29.3 Å². The molecule has 4 heterocycles. The maximum Gasteiger partial charge on any atom is 0.264 e. The zero-order valence-electron chi connectivity index (χ0n) is 23.9. The van der Waals surface area contributed by atoms with Crippen molar-refractivity contribution in [1.29, 1.82) is 0 Å². The lowest BCUT2D eigenvalue weighted by atomic mass is 9.80. The van der Waals surface area contributed by atoms with Crippen LogP contribution < -0.4 is 15.4 Å². The molecule has 0 bridgehead atoms. The lowest BCUT2D eigenvalue weighted by molar-refractivity contribution is -0.136. The van der Waals surface area contributed by atoms with Crippen molar-refractivity contribution in [1.82, 2.24) is 25.0 Å². The van der Waals surface area contributed by atoms with Gasteiger partial charge in [-0.1, -0.05) is 6.07 Å². The molecule has 4 fully saturated rings. The molecule has 2 aliphatic heterocycles. The molecule has 12 heteroatoms. The van der Waals surface area contributed by atoms with Crippen molar-refractivity contribution in [3.63, 3.8) is 0 Å². The summed E-state index contributed by atoms with van der Waals surface area (Å²) in [5.41, 5.74) is 3.63. The van der Waals surface area contributed by atoms with E-state index in [-0.39, 0.29) is 36.1 Å². The summed E-state index contributed by atoms with van der Waals surface area (Å²) in [4.78, 5) is 55.9. The fourth-order valence-corrected chi connectivity index (χ4v) is 6.51. The normalized spacial score (nSPS) is 24.7. The molecule has 2 N–H and O–H groups in total. The molecule has 3 saturated carbocycles. The lowest BCUT2D eigenvalue weighted by Crippen LogP contribution is -2.54. The van der Waals surface area contributed by atoms with Crippen LogP contribution in [0.4, 0.5) is 10.1 Å². The second kappa shape index (κ2) is 10.2. The van der Waals surface area contributed by atoms with Crippen LogP contribution in [0.15, 0.2) is 36.7 Å². The Morgan fingerprint density at radius 2 is 1.84 bits per heavy atom. The number of aromatic nitrogens is 3. The van der Waals surface area contributed by atoms with Gasteiger partial charge in [0.1, 0.15) is 23.3 Å². The van der Waals surface area contributed by atoms with Crippen LogP contribution in [0.5, 0.6) is 5.75 Å². The van der Waals surface area contributed by atoms with Crippen LogP contribution in [-0.4, -0.2) is 62.0 Å². The lowest BCUT2D eigenvalue weighted by Gasteiger charge is -2.36. The number of piperidine rings is 1. The average molecular weight is 599 g/mol. The molecule has 11 nitrogen and oxygen atoms in total. The molecule has 44 heavy (non-hydrogen) atoms. The summed E-state index contributed by atoms with van der Waals surface area (Å²) < 4.78 is 22.1. The Balaban J connectivity index is 0.952. The Bertz CT molecular complexity index is 1720. The Labute approximate surface area is 252 Å². The van der Waals surface area contributed by atoms with Crippen LogP contribution >= 0.6 is 0 Å². The SMILES string of the molecule is O=C1CCC(N2C(=O)c3cccc(NCC4CC(n5cc(-c6ncc(F)cc6OC6CC6)c(C6CC6)n5)C4)c3C2=O)C(=O)N1. The Morgan fingerprint density at radius 3 is 2.59 bits per heavy atom. The van der Waals surface area contributed by atoms with Gasteiger partial charge < -0.3 is 10.1 Å². The molecule has 4 amide bonds. The van der Waals surface area contributed by atoms with Crippen molar-refractivity contribution in [2.24, 2.45) is 5.92 Å². The summed E-state index contributed by atoms with van der Waals surface area (Å²) >= 11 is 0. The van der Waals surface area contributed by atoms with Crippen LogP contribution in [0.3, 0.4) is 0 Å². The number of rotatable bonds is 9. The predicted octanol–water partition coefficient (Wildman–Crippen LogP) is 3.97. The number of benzene rings is 1. The number of imide groups is 2. The summed E-state index contributed by atoms with van der Waals surface area (Å²) in [5, 5.41) is 10.6. The number of ether oxygens (including phenoxy) is 1. The second-order valence-corrected chi connectivity index (χ2v) is 12.5. The first-order valence-electron chi connectivity index (χ1n) is 15.3. The van der Waals surface area contributed by atoms with Gasteiger partial charge in [-0.15, -0.1) is 0 Å². The standard InChI is InChI=1S/C32H31FN6O5/c33-18-12-25(44-20-6-7-20)29(35-14-18)22-15-38(37-28(22)17-4-5-17)19-10-16(11-19)13-34-23-3-1-2-21-27(23)32(43)39(31(21)42)24-8-9-26(40)36-30(24)41/h1-3,12,14-17,19-20,24,34H,4-11,13H2,(H,36,40,41). The molecule has 5 aliphatic rings. The summed E-state index contributed by atoms with van der Waals surface area (Å²) in [5.74, 6) is -1.31. The van der Waals surface area contributed by atoms with Gasteiger partial charge in [0.2, 0.25) is 11.8 Å². The first-order chi connectivity index (χ1) is 21.3. The van der Waals surface area contributed by atoms with E-state index in [2.05, 4.69) is 15.6 Å². The van der Waals surface area contributed by atoms with Crippen LogP contribution in [0.25, 0.3) is 11.3 Å². The minimum Gasteiger partial charge on any atom is -0.488 e. The van der Waals surface area contributed by atoms with Gasteiger partial charge in [-0.25, -0.2) is 9.37 Å². The van der Waals surface area contributed by atoms with Crippen LogP contribution in [0.1, 0.15) is 89.7 Å². The molecular weight excluding hydrogens is 567 g/mol. The van der Waals surface area contributed by atoms with E-state index in [4.69, 9.17) is 9.84 Å². The van der Waals surface area contributed by atoms with Crippen molar-refractivity contribution in [3.8, 4) is 17.0 Å². The highest BCUT2D eigenvalue weighted by Gasteiger charge is 2.46. The van der Waals surface area contributed by atoms with E-state index in [1.165, 1.54) is 12.3 Å². The first kappa shape index (κ1) is 27.0. The number of amides is 4.